The molecular weight excluding hydrogens is 450 g/mol. The number of unbranched alkanes of at least 4 members (excludes halogenated alkanes) is 3. The van der Waals surface area contributed by atoms with Gasteiger partial charge in [-0.05, 0) is 58.4 Å². The molecule has 3 N–H and O–H groups in total. The third-order valence-electron chi connectivity index (χ3n) is 5.03. The van der Waals surface area contributed by atoms with E-state index in [0.29, 0.717) is 45.2 Å². The summed E-state index contributed by atoms with van der Waals surface area (Å²) in [4.78, 5) is 47.7. The van der Waals surface area contributed by atoms with Crippen LogP contribution in [0.5, 0.6) is 0 Å². The zero-order valence-electron chi connectivity index (χ0n) is 21.5. The first-order valence-corrected chi connectivity index (χ1v) is 12.3. The molecule has 0 saturated carbocycles. The molecule has 0 aliphatic heterocycles. The topological polar surface area (TPSA) is 123 Å². The van der Waals surface area contributed by atoms with Crippen LogP contribution in [-0.4, -0.2) is 55.7 Å². The van der Waals surface area contributed by atoms with Gasteiger partial charge in [-0.15, -0.1) is 0 Å². The predicted molar refractivity (Wildman–Crippen MR) is 134 cm³/mol. The molecule has 196 valence electrons. The minimum atomic E-state index is -0.793. The Balaban J connectivity index is 2.10. The zero-order chi connectivity index (χ0) is 26.1. The molecule has 0 radical (unpaired) electrons. The van der Waals surface area contributed by atoms with E-state index in [4.69, 9.17) is 9.47 Å². The van der Waals surface area contributed by atoms with Crippen LogP contribution >= 0.6 is 0 Å². The summed E-state index contributed by atoms with van der Waals surface area (Å²) in [5.74, 6) is -0.546. The molecule has 0 saturated heterocycles. The maximum absolute atomic E-state index is 12.0. The first kappa shape index (κ1) is 29.9. The molecule has 35 heavy (non-hydrogen) atoms. The van der Waals surface area contributed by atoms with Gasteiger partial charge in [-0.25, -0.2) is 9.59 Å². The van der Waals surface area contributed by atoms with Crippen LogP contribution in [0.25, 0.3) is 0 Å². The highest BCUT2D eigenvalue weighted by Gasteiger charge is 2.24. The monoisotopic (exact) mass is 491 g/mol. The summed E-state index contributed by atoms with van der Waals surface area (Å²) >= 11 is 0. The number of amides is 3. The second-order valence-electron chi connectivity index (χ2n) is 9.39. The number of alkyl carbamates (subject to hydrolysis) is 1. The van der Waals surface area contributed by atoms with E-state index in [0.717, 1.165) is 24.8 Å². The van der Waals surface area contributed by atoms with Crippen molar-refractivity contribution in [2.45, 2.75) is 83.8 Å². The lowest BCUT2D eigenvalue weighted by Gasteiger charge is -2.22. The Labute approximate surface area is 208 Å². The van der Waals surface area contributed by atoms with Crippen molar-refractivity contribution >= 4 is 23.9 Å². The molecule has 0 heterocycles. The fourth-order valence-electron chi connectivity index (χ4n) is 3.29. The molecule has 0 aromatic heterocycles. The average Bonchev–Trinajstić information content (AvgIpc) is 2.79. The van der Waals surface area contributed by atoms with Crippen molar-refractivity contribution < 1.29 is 28.7 Å². The fraction of sp³-hybridized carbons (Fsp3) is 0.615. The van der Waals surface area contributed by atoms with Crippen molar-refractivity contribution in [3.8, 4) is 0 Å². The fourth-order valence-corrected chi connectivity index (χ4v) is 3.29. The molecule has 1 aromatic rings. The highest BCUT2D eigenvalue weighted by Crippen LogP contribution is 2.09. The number of benzene rings is 1. The number of carbonyl (C=O) groups excluding carboxylic acids is 4. The number of esters is 1. The zero-order valence-corrected chi connectivity index (χ0v) is 21.5. The molecule has 0 unspecified atom stereocenters. The molecule has 0 aliphatic rings. The summed E-state index contributed by atoms with van der Waals surface area (Å²) in [6, 6.07) is 8.81. The lowest BCUT2D eigenvalue weighted by Crippen LogP contribution is -2.44. The molecule has 9 heteroatoms. The lowest BCUT2D eigenvalue weighted by molar-refractivity contribution is -0.143. The maximum Gasteiger partial charge on any atom is 0.408 e. The van der Waals surface area contributed by atoms with Crippen molar-refractivity contribution in [2.24, 2.45) is 0 Å². The second-order valence-corrected chi connectivity index (χ2v) is 9.39. The van der Waals surface area contributed by atoms with Crippen LogP contribution in [-0.2, 0) is 30.3 Å². The standard InChI is InChI=1S/C26H41N3O6/c1-26(2,3)35-25(33)29-21(24(32)34-4)15-10-12-18-27-22(30)16-9-6-11-17-28-23(31)19-20-13-7-5-8-14-20/h5,7-8,13-14,21H,6,9-12,15-19H2,1-4H3,(H,27,30)(H,28,31)(H,29,33)/t21-/m0/s1. The van der Waals surface area contributed by atoms with Gasteiger partial charge in [0.1, 0.15) is 11.6 Å². The van der Waals surface area contributed by atoms with E-state index in [9.17, 15) is 19.2 Å². The Bertz CT molecular complexity index is 792. The van der Waals surface area contributed by atoms with Gasteiger partial charge in [0.25, 0.3) is 0 Å². The van der Waals surface area contributed by atoms with Gasteiger partial charge in [0.15, 0.2) is 0 Å². The summed E-state index contributed by atoms with van der Waals surface area (Å²) in [5.41, 5.74) is 0.326. The molecule has 0 bridgehead atoms. The van der Waals surface area contributed by atoms with E-state index in [1.807, 2.05) is 30.3 Å². The van der Waals surface area contributed by atoms with E-state index >= 15 is 0 Å². The van der Waals surface area contributed by atoms with Gasteiger partial charge >= 0.3 is 12.1 Å². The Morgan fingerprint density at radius 3 is 2.11 bits per heavy atom. The molecule has 9 nitrogen and oxygen atoms in total. The summed E-state index contributed by atoms with van der Waals surface area (Å²) in [7, 11) is 1.27. The largest absolute Gasteiger partial charge is 0.467 e. The number of rotatable bonds is 15. The molecule has 3 amide bonds. The van der Waals surface area contributed by atoms with Crippen LogP contribution in [0.4, 0.5) is 4.79 Å². The number of hydrogen-bond donors (Lipinski definition) is 3. The number of nitrogens with one attached hydrogen (secondary N) is 3. The van der Waals surface area contributed by atoms with Gasteiger partial charge in [-0.1, -0.05) is 36.8 Å². The van der Waals surface area contributed by atoms with Gasteiger partial charge in [-0.2, -0.15) is 0 Å². The molecule has 0 spiro atoms. The number of ether oxygens (including phenoxy) is 2. The van der Waals surface area contributed by atoms with Crippen LogP contribution in [0.3, 0.4) is 0 Å². The third kappa shape index (κ3) is 15.4. The minimum Gasteiger partial charge on any atom is -0.467 e. The Morgan fingerprint density at radius 1 is 0.857 bits per heavy atom. The summed E-state index contributed by atoms with van der Waals surface area (Å²) < 4.78 is 9.93. The number of carbonyl (C=O) groups is 4. The normalized spacial score (nSPS) is 11.8. The predicted octanol–water partition coefficient (Wildman–Crippen LogP) is 3.26. The molecule has 1 aromatic carbocycles. The number of methoxy groups -OCH3 is 1. The van der Waals surface area contributed by atoms with Crippen molar-refractivity contribution in [3.63, 3.8) is 0 Å². The van der Waals surface area contributed by atoms with E-state index in [-0.39, 0.29) is 11.8 Å². The smallest absolute Gasteiger partial charge is 0.408 e. The highest BCUT2D eigenvalue weighted by molar-refractivity contribution is 5.81. The third-order valence-corrected chi connectivity index (χ3v) is 5.03. The lowest BCUT2D eigenvalue weighted by atomic mass is 10.1. The Hall–Kier alpha value is -3.10. The summed E-state index contributed by atoms with van der Waals surface area (Å²) in [6.07, 6.45) is 4.26. The maximum atomic E-state index is 12.0. The van der Waals surface area contributed by atoms with E-state index in [2.05, 4.69) is 16.0 Å². The van der Waals surface area contributed by atoms with Gasteiger partial charge < -0.3 is 25.4 Å². The highest BCUT2D eigenvalue weighted by atomic mass is 16.6. The molecule has 0 fully saturated rings. The van der Waals surface area contributed by atoms with E-state index in [1.165, 1.54) is 7.11 Å². The molecular formula is C26H41N3O6. The van der Waals surface area contributed by atoms with Gasteiger partial charge in [0.05, 0.1) is 13.5 Å². The van der Waals surface area contributed by atoms with Crippen molar-refractivity contribution in [1.29, 1.82) is 0 Å². The first-order chi connectivity index (χ1) is 16.6. The van der Waals surface area contributed by atoms with Gasteiger partial charge in [0.2, 0.25) is 11.8 Å². The van der Waals surface area contributed by atoms with E-state index < -0.39 is 23.7 Å². The Morgan fingerprint density at radius 2 is 1.49 bits per heavy atom. The van der Waals surface area contributed by atoms with Crippen molar-refractivity contribution in [2.75, 3.05) is 20.2 Å². The van der Waals surface area contributed by atoms with Crippen molar-refractivity contribution in [3.05, 3.63) is 35.9 Å². The van der Waals surface area contributed by atoms with Crippen LogP contribution < -0.4 is 16.0 Å². The molecule has 1 atom stereocenters. The van der Waals surface area contributed by atoms with E-state index in [1.54, 1.807) is 20.8 Å². The second kappa shape index (κ2) is 16.5. The van der Waals surface area contributed by atoms with Crippen LogP contribution in [0, 0.1) is 0 Å². The molecule has 1 rings (SSSR count). The van der Waals surface area contributed by atoms with Crippen LogP contribution in [0.1, 0.15) is 71.3 Å². The summed E-state index contributed by atoms with van der Waals surface area (Å²) in [6.45, 7) is 6.33. The van der Waals surface area contributed by atoms with Gasteiger partial charge in [0, 0.05) is 19.5 Å². The van der Waals surface area contributed by atoms with Crippen molar-refractivity contribution in [1.82, 2.24) is 16.0 Å². The number of hydrogen-bond acceptors (Lipinski definition) is 6. The van der Waals surface area contributed by atoms with Crippen LogP contribution in [0.2, 0.25) is 0 Å². The molecule has 0 aliphatic carbocycles. The van der Waals surface area contributed by atoms with Gasteiger partial charge in [-0.3, -0.25) is 9.59 Å². The summed E-state index contributed by atoms with van der Waals surface area (Å²) in [5, 5.41) is 8.31. The Kier molecular flexibility index (Phi) is 14.1. The quantitative estimate of drug-likeness (QED) is 0.256. The first-order valence-electron chi connectivity index (χ1n) is 12.3. The minimum absolute atomic E-state index is 0.00433. The average molecular weight is 492 g/mol. The SMILES string of the molecule is COC(=O)[C@H](CCCCNC(=O)CCCCCNC(=O)Cc1ccccc1)NC(=O)OC(C)(C)C. The van der Waals surface area contributed by atoms with Crippen LogP contribution in [0.15, 0.2) is 30.3 Å².